The van der Waals surface area contributed by atoms with Crippen LogP contribution in [-0.4, -0.2) is 34.9 Å². The van der Waals surface area contributed by atoms with Crippen LogP contribution in [0.3, 0.4) is 0 Å². The van der Waals surface area contributed by atoms with E-state index in [1.165, 1.54) is 30.5 Å². The van der Waals surface area contributed by atoms with E-state index in [1.807, 2.05) is 0 Å². The fourth-order valence-electron chi connectivity index (χ4n) is 2.47. The number of hydrogen-bond acceptors (Lipinski definition) is 5. The molecule has 2 amide bonds. The van der Waals surface area contributed by atoms with Gasteiger partial charge in [-0.05, 0) is 30.3 Å². The van der Waals surface area contributed by atoms with Crippen LogP contribution in [0, 0.1) is 0 Å². The van der Waals surface area contributed by atoms with Crippen molar-refractivity contribution >= 4 is 29.3 Å². The maximum absolute atomic E-state index is 13.9. The molecule has 136 valence electrons. The molecule has 1 unspecified atom stereocenters. The lowest BCUT2D eigenvalue weighted by Gasteiger charge is -2.39. The SMILES string of the molecule is O=C1Nc2ccc(Cl)cc2C(CNC(=O)c2cccnn2)(C(F)(F)F)O1. The molecule has 0 radical (unpaired) electrons. The van der Waals surface area contributed by atoms with Crippen molar-refractivity contribution in [1.29, 1.82) is 0 Å². The third-order valence-electron chi connectivity index (χ3n) is 3.68. The lowest BCUT2D eigenvalue weighted by atomic mass is 9.89. The summed E-state index contributed by atoms with van der Waals surface area (Å²) < 4.78 is 46.3. The van der Waals surface area contributed by atoms with Gasteiger partial charge in [-0.1, -0.05) is 11.6 Å². The van der Waals surface area contributed by atoms with E-state index in [2.05, 4.69) is 25.6 Å². The zero-order valence-corrected chi connectivity index (χ0v) is 13.6. The van der Waals surface area contributed by atoms with Gasteiger partial charge in [0.05, 0.1) is 12.2 Å². The van der Waals surface area contributed by atoms with Crippen LogP contribution in [0.5, 0.6) is 0 Å². The highest BCUT2D eigenvalue weighted by Gasteiger charge is 2.62. The van der Waals surface area contributed by atoms with Crippen LogP contribution in [0.25, 0.3) is 0 Å². The molecule has 1 aliphatic rings. The number of anilines is 1. The minimum atomic E-state index is -5.03. The molecule has 2 aromatic rings. The van der Waals surface area contributed by atoms with Crippen LogP contribution in [0.1, 0.15) is 16.1 Å². The fourth-order valence-corrected chi connectivity index (χ4v) is 2.64. The van der Waals surface area contributed by atoms with E-state index in [-0.39, 0.29) is 16.4 Å². The van der Waals surface area contributed by atoms with Crippen LogP contribution in [-0.2, 0) is 10.3 Å². The summed E-state index contributed by atoms with van der Waals surface area (Å²) >= 11 is 5.81. The molecule has 11 heteroatoms. The first-order valence-corrected chi connectivity index (χ1v) is 7.53. The number of carbonyl (C=O) groups is 2. The molecule has 0 spiro atoms. The van der Waals surface area contributed by atoms with E-state index < -0.39 is 35.9 Å². The maximum Gasteiger partial charge on any atom is 0.434 e. The minimum absolute atomic E-state index is 0.0115. The van der Waals surface area contributed by atoms with Crippen molar-refractivity contribution in [2.24, 2.45) is 0 Å². The van der Waals surface area contributed by atoms with Crippen molar-refractivity contribution in [3.8, 4) is 0 Å². The van der Waals surface area contributed by atoms with Crippen molar-refractivity contribution in [3.63, 3.8) is 0 Å². The predicted molar refractivity (Wildman–Crippen MR) is 83.7 cm³/mol. The highest BCUT2D eigenvalue weighted by Crippen LogP contribution is 2.47. The summed E-state index contributed by atoms with van der Waals surface area (Å²) in [5, 5.41) is 11.3. The number of amides is 2. The van der Waals surface area contributed by atoms with Gasteiger partial charge in [-0.15, -0.1) is 5.10 Å². The summed E-state index contributed by atoms with van der Waals surface area (Å²) in [5.74, 6) is -0.903. The number of nitrogens with zero attached hydrogens (tertiary/aromatic N) is 2. The van der Waals surface area contributed by atoms with Crippen molar-refractivity contribution < 1.29 is 27.5 Å². The third kappa shape index (κ3) is 3.15. The normalized spacial score (nSPS) is 19.2. The second kappa shape index (κ2) is 6.45. The predicted octanol–water partition coefficient (Wildman–Crippen LogP) is 2.88. The second-order valence-electron chi connectivity index (χ2n) is 5.32. The monoisotopic (exact) mass is 386 g/mol. The number of benzene rings is 1. The van der Waals surface area contributed by atoms with Gasteiger partial charge in [0, 0.05) is 16.8 Å². The van der Waals surface area contributed by atoms with Crippen molar-refractivity contribution in [2.75, 3.05) is 11.9 Å². The summed E-state index contributed by atoms with van der Waals surface area (Å²) in [5.41, 5.74) is -3.82. The Morgan fingerprint density at radius 1 is 1.35 bits per heavy atom. The lowest BCUT2D eigenvalue weighted by Crippen LogP contribution is -2.56. The number of rotatable bonds is 3. The number of cyclic esters (lactones) is 1. The zero-order valence-electron chi connectivity index (χ0n) is 12.8. The standard InChI is InChI=1S/C15H10ClF3N4O3/c16-8-3-4-10-9(6-8)14(15(17,18)19,26-13(25)22-10)7-20-12(24)11-2-1-5-21-23-11/h1-6H,7H2,(H,20,24)(H,22,25). The lowest BCUT2D eigenvalue weighted by molar-refractivity contribution is -0.261. The number of alkyl halides is 3. The number of hydrogen-bond donors (Lipinski definition) is 2. The first-order chi connectivity index (χ1) is 12.2. The summed E-state index contributed by atoms with van der Waals surface area (Å²) in [4.78, 5) is 23.7. The Morgan fingerprint density at radius 2 is 2.12 bits per heavy atom. The second-order valence-corrected chi connectivity index (χ2v) is 5.76. The fraction of sp³-hybridized carbons (Fsp3) is 0.200. The van der Waals surface area contributed by atoms with Gasteiger partial charge in [0.1, 0.15) is 0 Å². The smallest absolute Gasteiger partial charge is 0.426 e. The van der Waals surface area contributed by atoms with Gasteiger partial charge in [-0.25, -0.2) is 4.79 Å². The largest absolute Gasteiger partial charge is 0.434 e. The molecule has 3 rings (SSSR count). The van der Waals surface area contributed by atoms with E-state index in [0.29, 0.717) is 0 Å². The van der Waals surface area contributed by atoms with E-state index in [1.54, 1.807) is 0 Å². The Morgan fingerprint density at radius 3 is 2.77 bits per heavy atom. The van der Waals surface area contributed by atoms with E-state index in [4.69, 9.17) is 11.6 Å². The summed E-state index contributed by atoms with van der Waals surface area (Å²) in [6.07, 6.45) is -5.02. The molecule has 7 nitrogen and oxygen atoms in total. The molecule has 0 fully saturated rings. The average molecular weight is 387 g/mol. The maximum atomic E-state index is 13.9. The molecule has 0 saturated carbocycles. The molecule has 0 bridgehead atoms. The van der Waals surface area contributed by atoms with Crippen molar-refractivity contribution in [3.05, 3.63) is 52.8 Å². The summed E-state index contributed by atoms with van der Waals surface area (Å²) in [6, 6.07) is 6.26. The molecule has 0 aliphatic carbocycles. The van der Waals surface area contributed by atoms with Gasteiger partial charge in [0.2, 0.25) is 0 Å². The average Bonchev–Trinajstić information content (AvgIpc) is 2.59. The van der Waals surface area contributed by atoms with Gasteiger partial charge < -0.3 is 10.1 Å². The molecule has 2 N–H and O–H groups in total. The van der Waals surface area contributed by atoms with Gasteiger partial charge in [-0.3, -0.25) is 10.1 Å². The molecule has 1 atom stereocenters. The summed E-state index contributed by atoms with van der Waals surface area (Å²) in [6.45, 7) is -1.06. The molecular formula is C15H10ClF3N4O3. The van der Waals surface area contributed by atoms with Gasteiger partial charge in [0.25, 0.3) is 11.5 Å². The van der Waals surface area contributed by atoms with Gasteiger partial charge in [0.15, 0.2) is 5.69 Å². The minimum Gasteiger partial charge on any atom is -0.426 e. The van der Waals surface area contributed by atoms with E-state index in [0.717, 1.165) is 6.07 Å². The molecule has 1 aromatic heterocycles. The molecule has 0 saturated heterocycles. The molecule has 1 aromatic carbocycles. The van der Waals surface area contributed by atoms with Crippen LogP contribution < -0.4 is 10.6 Å². The molecule has 26 heavy (non-hydrogen) atoms. The highest BCUT2D eigenvalue weighted by molar-refractivity contribution is 6.30. The first kappa shape index (κ1) is 17.9. The quantitative estimate of drug-likeness (QED) is 0.846. The van der Waals surface area contributed by atoms with Crippen LogP contribution >= 0.6 is 11.6 Å². The topological polar surface area (TPSA) is 93.2 Å². The Hall–Kier alpha value is -2.88. The van der Waals surface area contributed by atoms with E-state index in [9.17, 15) is 22.8 Å². The molecule has 1 aliphatic heterocycles. The number of halogens is 4. The van der Waals surface area contributed by atoms with Gasteiger partial charge in [-0.2, -0.15) is 18.3 Å². The van der Waals surface area contributed by atoms with Crippen LogP contribution in [0.2, 0.25) is 5.02 Å². The number of fused-ring (bicyclic) bond motifs is 1. The number of nitrogens with one attached hydrogen (secondary N) is 2. The van der Waals surface area contributed by atoms with Gasteiger partial charge >= 0.3 is 12.3 Å². The molecule has 2 heterocycles. The Balaban J connectivity index is 2.00. The van der Waals surface area contributed by atoms with Crippen molar-refractivity contribution in [2.45, 2.75) is 11.8 Å². The molecular weight excluding hydrogens is 377 g/mol. The van der Waals surface area contributed by atoms with E-state index >= 15 is 0 Å². The zero-order chi connectivity index (χ0) is 18.9. The van der Waals surface area contributed by atoms with Crippen LogP contribution in [0.15, 0.2) is 36.5 Å². The Labute approximate surface area is 149 Å². The van der Waals surface area contributed by atoms with Crippen molar-refractivity contribution in [1.82, 2.24) is 15.5 Å². The summed E-state index contributed by atoms with van der Waals surface area (Å²) in [7, 11) is 0. The highest BCUT2D eigenvalue weighted by atomic mass is 35.5. The number of carbonyl (C=O) groups excluding carboxylic acids is 2. The Kier molecular flexibility index (Phi) is 4.45. The number of aromatic nitrogens is 2. The first-order valence-electron chi connectivity index (χ1n) is 7.15. The number of ether oxygens (including phenoxy) is 1. The Bertz CT molecular complexity index is 863. The third-order valence-corrected chi connectivity index (χ3v) is 3.92. The van der Waals surface area contributed by atoms with Crippen LogP contribution in [0.4, 0.5) is 23.7 Å².